The average molecular weight is 283 g/mol. The Bertz CT molecular complexity index is 528. The van der Waals surface area contributed by atoms with E-state index >= 15 is 0 Å². The van der Waals surface area contributed by atoms with Crippen LogP contribution in [0.5, 0.6) is 11.5 Å². The SMILES string of the molecule is CSc1ccc(Oc2ccc(CCl)cc2F)cc1. The molecule has 18 heavy (non-hydrogen) atoms. The molecule has 0 atom stereocenters. The van der Waals surface area contributed by atoms with Crippen LogP contribution >= 0.6 is 23.4 Å². The van der Waals surface area contributed by atoms with Crippen LogP contribution in [-0.2, 0) is 5.88 Å². The van der Waals surface area contributed by atoms with E-state index in [1.54, 1.807) is 23.9 Å². The summed E-state index contributed by atoms with van der Waals surface area (Å²) in [5, 5.41) is 0. The number of ether oxygens (including phenoxy) is 1. The van der Waals surface area contributed by atoms with Gasteiger partial charge in [0.2, 0.25) is 0 Å². The number of rotatable bonds is 4. The molecule has 0 amide bonds. The minimum atomic E-state index is -0.401. The van der Waals surface area contributed by atoms with Crippen molar-refractivity contribution in [2.24, 2.45) is 0 Å². The summed E-state index contributed by atoms with van der Waals surface area (Å²) >= 11 is 7.28. The van der Waals surface area contributed by atoms with Crippen LogP contribution in [0.2, 0.25) is 0 Å². The third-order valence-electron chi connectivity index (χ3n) is 2.44. The van der Waals surface area contributed by atoms with Gasteiger partial charge in [0.1, 0.15) is 5.75 Å². The van der Waals surface area contributed by atoms with Crippen molar-refractivity contribution >= 4 is 23.4 Å². The van der Waals surface area contributed by atoms with Crippen molar-refractivity contribution in [1.82, 2.24) is 0 Å². The first-order valence-electron chi connectivity index (χ1n) is 5.39. The van der Waals surface area contributed by atoms with E-state index in [2.05, 4.69) is 0 Å². The van der Waals surface area contributed by atoms with E-state index in [-0.39, 0.29) is 5.75 Å². The monoisotopic (exact) mass is 282 g/mol. The van der Waals surface area contributed by atoms with Gasteiger partial charge in [-0.05, 0) is 48.2 Å². The fraction of sp³-hybridized carbons (Fsp3) is 0.143. The molecule has 94 valence electrons. The molecule has 0 aliphatic heterocycles. The number of thioether (sulfide) groups is 1. The molecule has 2 rings (SSSR count). The molecule has 0 heterocycles. The number of alkyl halides is 1. The van der Waals surface area contributed by atoms with Crippen LogP contribution < -0.4 is 4.74 Å². The standard InChI is InChI=1S/C14H12ClFOS/c1-18-12-5-3-11(4-6-12)17-14-7-2-10(9-15)8-13(14)16/h2-8H,9H2,1H3. The van der Waals surface area contributed by atoms with Gasteiger partial charge in [0.05, 0.1) is 0 Å². The summed E-state index contributed by atoms with van der Waals surface area (Å²) in [6.07, 6.45) is 2.00. The van der Waals surface area contributed by atoms with Gasteiger partial charge >= 0.3 is 0 Å². The van der Waals surface area contributed by atoms with E-state index in [1.165, 1.54) is 6.07 Å². The molecule has 0 N–H and O–H groups in total. The van der Waals surface area contributed by atoms with Crippen LogP contribution in [-0.4, -0.2) is 6.26 Å². The molecule has 2 aromatic rings. The van der Waals surface area contributed by atoms with Crippen LogP contribution in [0.25, 0.3) is 0 Å². The molecule has 1 nitrogen and oxygen atoms in total. The molecule has 4 heteroatoms. The quantitative estimate of drug-likeness (QED) is 0.571. The van der Waals surface area contributed by atoms with Gasteiger partial charge in [0, 0.05) is 10.8 Å². The average Bonchev–Trinajstić information content (AvgIpc) is 2.42. The molecular weight excluding hydrogens is 271 g/mol. The predicted molar refractivity (Wildman–Crippen MR) is 74.3 cm³/mol. The van der Waals surface area contributed by atoms with Crippen molar-refractivity contribution in [3.05, 3.63) is 53.8 Å². The zero-order chi connectivity index (χ0) is 13.0. The van der Waals surface area contributed by atoms with Crippen LogP contribution in [0.3, 0.4) is 0 Å². The number of halogens is 2. The fourth-order valence-corrected chi connectivity index (χ4v) is 2.06. The lowest BCUT2D eigenvalue weighted by Crippen LogP contribution is -1.90. The van der Waals surface area contributed by atoms with Crippen molar-refractivity contribution in [2.75, 3.05) is 6.26 Å². The Morgan fingerprint density at radius 1 is 1.17 bits per heavy atom. The second-order valence-corrected chi connectivity index (χ2v) is 4.82. The Balaban J connectivity index is 2.17. The van der Waals surface area contributed by atoms with Crippen molar-refractivity contribution in [3.8, 4) is 11.5 Å². The smallest absolute Gasteiger partial charge is 0.166 e. The van der Waals surface area contributed by atoms with Crippen LogP contribution in [0.4, 0.5) is 4.39 Å². The largest absolute Gasteiger partial charge is 0.454 e. The lowest BCUT2D eigenvalue weighted by Gasteiger charge is -2.08. The van der Waals surface area contributed by atoms with Gasteiger partial charge in [-0.2, -0.15) is 0 Å². The second-order valence-electron chi connectivity index (χ2n) is 3.68. The third-order valence-corrected chi connectivity index (χ3v) is 3.49. The van der Waals surface area contributed by atoms with Gasteiger partial charge in [-0.25, -0.2) is 4.39 Å². The van der Waals surface area contributed by atoms with Crippen molar-refractivity contribution < 1.29 is 9.13 Å². The molecule has 0 bridgehead atoms. The second kappa shape index (κ2) is 6.12. The maximum Gasteiger partial charge on any atom is 0.166 e. The Morgan fingerprint density at radius 3 is 2.44 bits per heavy atom. The molecule has 0 radical (unpaired) electrons. The molecular formula is C14H12ClFOS. The van der Waals surface area contributed by atoms with E-state index < -0.39 is 5.82 Å². The predicted octanol–water partition coefficient (Wildman–Crippen LogP) is 5.08. The highest BCUT2D eigenvalue weighted by molar-refractivity contribution is 7.98. The zero-order valence-corrected chi connectivity index (χ0v) is 11.4. The fourth-order valence-electron chi connectivity index (χ4n) is 1.48. The maximum atomic E-state index is 13.7. The van der Waals surface area contributed by atoms with Gasteiger partial charge in [0.15, 0.2) is 11.6 Å². The summed E-state index contributed by atoms with van der Waals surface area (Å²) in [6, 6.07) is 12.2. The highest BCUT2D eigenvalue weighted by atomic mass is 35.5. The minimum Gasteiger partial charge on any atom is -0.454 e. The molecule has 0 aliphatic rings. The van der Waals surface area contributed by atoms with E-state index in [0.29, 0.717) is 11.6 Å². The van der Waals surface area contributed by atoms with Crippen molar-refractivity contribution in [1.29, 1.82) is 0 Å². The third kappa shape index (κ3) is 3.18. The van der Waals surface area contributed by atoms with Gasteiger partial charge < -0.3 is 4.74 Å². The van der Waals surface area contributed by atoms with Gasteiger partial charge in [-0.3, -0.25) is 0 Å². The Kier molecular flexibility index (Phi) is 4.50. The molecule has 0 unspecified atom stereocenters. The Labute approximate surface area is 115 Å². The summed E-state index contributed by atoms with van der Waals surface area (Å²) in [6.45, 7) is 0. The first-order chi connectivity index (χ1) is 8.72. The lowest BCUT2D eigenvalue weighted by molar-refractivity contribution is 0.441. The van der Waals surface area contributed by atoms with Crippen LogP contribution in [0.1, 0.15) is 5.56 Å². The van der Waals surface area contributed by atoms with Crippen molar-refractivity contribution in [3.63, 3.8) is 0 Å². The lowest BCUT2D eigenvalue weighted by atomic mass is 10.2. The van der Waals surface area contributed by atoms with E-state index in [4.69, 9.17) is 16.3 Å². The summed E-state index contributed by atoms with van der Waals surface area (Å²) < 4.78 is 19.2. The van der Waals surface area contributed by atoms with Crippen molar-refractivity contribution in [2.45, 2.75) is 10.8 Å². The zero-order valence-electron chi connectivity index (χ0n) is 9.82. The molecule has 0 aromatic heterocycles. The first kappa shape index (κ1) is 13.2. The van der Waals surface area contributed by atoms with E-state index in [0.717, 1.165) is 10.5 Å². The number of benzene rings is 2. The summed E-state index contributed by atoms with van der Waals surface area (Å²) in [5.74, 6) is 0.716. The molecule has 0 spiro atoms. The van der Waals surface area contributed by atoms with Crippen LogP contribution in [0, 0.1) is 5.82 Å². The molecule has 0 fully saturated rings. The summed E-state index contributed by atoms with van der Waals surface area (Å²) in [7, 11) is 0. The molecule has 2 aromatic carbocycles. The summed E-state index contributed by atoms with van der Waals surface area (Å²) in [5.41, 5.74) is 0.735. The first-order valence-corrected chi connectivity index (χ1v) is 7.15. The van der Waals surface area contributed by atoms with Crippen LogP contribution in [0.15, 0.2) is 47.4 Å². The molecule has 0 aliphatic carbocycles. The van der Waals surface area contributed by atoms with E-state index in [1.807, 2.05) is 30.5 Å². The number of hydrogen-bond acceptors (Lipinski definition) is 2. The Morgan fingerprint density at radius 2 is 1.89 bits per heavy atom. The Hall–Kier alpha value is -1.19. The van der Waals surface area contributed by atoms with E-state index in [9.17, 15) is 4.39 Å². The normalized spacial score (nSPS) is 10.4. The van der Waals surface area contributed by atoms with Gasteiger partial charge in [-0.1, -0.05) is 6.07 Å². The topological polar surface area (TPSA) is 9.23 Å². The highest BCUT2D eigenvalue weighted by Gasteiger charge is 2.05. The highest BCUT2D eigenvalue weighted by Crippen LogP contribution is 2.27. The number of hydrogen-bond donors (Lipinski definition) is 0. The van der Waals surface area contributed by atoms with Gasteiger partial charge in [0.25, 0.3) is 0 Å². The van der Waals surface area contributed by atoms with Gasteiger partial charge in [-0.15, -0.1) is 23.4 Å². The molecule has 0 saturated carbocycles. The maximum absolute atomic E-state index is 13.7. The molecule has 0 saturated heterocycles. The summed E-state index contributed by atoms with van der Waals surface area (Å²) in [4.78, 5) is 1.14. The minimum absolute atomic E-state index is 0.209.